The summed E-state index contributed by atoms with van der Waals surface area (Å²) in [5.41, 5.74) is 6.41. The number of benzene rings is 1. The molecule has 0 aliphatic carbocycles. The van der Waals surface area contributed by atoms with Crippen molar-refractivity contribution in [3.63, 3.8) is 0 Å². The van der Waals surface area contributed by atoms with Crippen molar-refractivity contribution in [2.75, 3.05) is 5.32 Å². The summed E-state index contributed by atoms with van der Waals surface area (Å²) >= 11 is 0. The Hall–Kier alpha value is -2.15. The van der Waals surface area contributed by atoms with Crippen LogP contribution < -0.4 is 11.1 Å². The van der Waals surface area contributed by atoms with Crippen LogP contribution >= 0.6 is 0 Å². The fourth-order valence-electron chi connectivity index (χ4n) is 1.58. The van der Waals surface area contributed by atoms with Gasteiger partial charge in [0, 0.05) is 19.3 Å². The van der Waals surface area contributed by atoms with E-state index in [2.05, 4.69) is 15.3 Å². The molecule has 20 heavy (non-hydrogen) atoms. The molecule has 0 aliphatic heterocycles. The molecule has 0 bridgehead atoms. The molecular weight excluding hydrogens is 269 g/mol. The molecular formula is C13H13F3N4. The van der Waals surface area contributed by atoms with Gasteiger partial charge in [-0.25, -0.2) is 9.97 Å². The van der Waals surface area contributed by atoms with Crippen molar-refractivity contribution in [3.8, 4) is 0 Å². The first-order valence-electron chi connectivity index (χ1n) is 5.91. The van der Waals surface area contributed by atoms with Crippen LogP contribution in [0.2, 0.25) is 0 Å². The number of hydrogen-bond acceptors (Lipinski definition) is 4. The Labute approximate surface area is 113 Å². The molecule has 0 spiro atoms. The van der Waals surface area contributed by atoms with Crippen LogP contribution in [0.15, 0.2) is 36.5 Å². The van der Waals surface area contributed by atoms with E-state index in [9.17, 15) is 13.2 Å². The van der Waals surface area contributed by atoms with Gasteiger partial charge in [-0.05, 0) is 17.2 Å². The molecule has 0 atom stereocenters. The number of nitrogens with two attached hydrogens (primary N) is 1. The van der Waals surface area contributed by atoms with Gasteiger partial charge in [-0.1, -0.05) is 24.3 Å². The van der Waals surface area contributed by atoms with E-state index >= 15 is 0 Å². The number of anilines is 1. The topological polar surface area (TPSA) is 63.8 Å². The maximum Gasteiger partial charge on any atom is 0.433 e. The minimum absolute atomic E-state index is 0.0530. The summed E-state index contributed by atoms with van der Waals surface area (Å²) in [7, 11) is 0. The summed E-state index contributed by atoms with van der Waals surface area (Å²) in [6.07, 6.45) is -3.39. The fourth-order valence-corrected chi connectivity index (χ4v) is 1.58. The molecule has 0 amide bonds. The van der Waals surface area contributed by atoms with E-state index in [4.69, 9.17) is 5.73 Å². The highest BCUT2D eigenvalue weighted by Gasteiger charge is 2.32. The third-order valence-electron chi connectivity index (χ3n) is 2.66. The number of rotatable bonds is 4. The van der Waals surface area contributed by atoms with Crippen LogP contribution in [0.25, 0.3) is 0 Å². The molecule has 0 saturated carbocycles. The molecule has 0 saturated heterocycles. The number of halogens is 3. The molecule has 1 aromatic heterocycles. The SMILES string of the molecule is NCc1ccc(CNc2nccc(C(F)(F)F)n2)cc1. The van der Waals surface area contributed by atoms with Gasteiger partial charge in [0.1, 0.15) is 5.69 Å². The largest absolute Gasteiger partial charge is 0.433 e. The Morgan fingerprint density at radius 1 is 1.05 bits per heavy atom. The zero-order valence-corrected chi connectivity index (χ0v) is 10.5. The number of alkyl halides is 3. The summed E-state index contributed by atoms with van der Waals surface area (Å²) in [6.45, 7) is 0.788. The molecule has 2 rings (SSSR count). The fraction of sp³-hybridized carbons (Fsp3) is 0.231. The molecule has 106 valence electrons. The Morgan fingerprint density at radius 3 is 2.30 bits per heavy atom. The summed E-state index contributed by atoms with van der Waals surface area (Å²) in [5, 5.41) is 2.76. The minimum Gasteiger partial charge on any atom is -0.350 e. The van der Waals surface area contributed by atoms with E-state index in [0.717, 1.165) is 23.4 Å². The van der Waals surface area contributed by atoms with Gasteiger partial charge in [0.2, 0.25) is 5.95 Å². The van der Waals surface area contributed by atoms with Gasteiger partial charge in [0.25, 0.3) is 0 Å². The van der Waals surface area contributed by atoms with Gasteiger partial charge in [0.15, 0.2) is 0 Å². The van der Waals surface area contributed by atoms with E-state index in [1.165, 1.54) is 0 Å². The van der Waals surface area contributed by atoms with Crippen molar-refractivity contribution in [2.45, 2.75) is 19.3 Å². The third-order valence-corrected chi connectivity index (χ3v) is 2.66. The van der Waals surface area contributed by atoms with Crippen LogP contribution in [0, 0.1) is 0 Å². The average Bonchev–Trinajstić information content (AvgIpc) is 2.45. The van der Waals surface area contributed by atoms with Crippen LogP contribution in [0.5, 0.6) is 0 Å². The molecule has 1 heterocycles. The van der Waals surface area contributed by atoms with Gasteiger partial charge in [-0.2, -0.15) is 13.2 Å². The quantitative estimate of drug-likeness (QED) is 0.904. The third kappa shape index (κ3) is 3.67. The van der Waals surface area contributed by atoms with Crippen molar-refractivity contribution in [3.05, 3.63) is 53.3 Å². The molecule has 1 aromatic carbocycles. The summed E-state index contributed by atoms with van der Waals surface area (Å²) in [5.74, 6) is -0.0530. The minimum atomic E-state index is -4.47. The molecule has 7 heteroatoms. The summed E-state index contributed by atoms with van der Waals surface area (Å²) in [4.78, 5) is 7.19. The van der Waals surface area contributed by atoms with Crippen molar-refractivity contribution in [2.24, 2.45) is 5.73 Å². The average molecular weight is 282 g/mol. The number of hydrogen-bond donors (Lipinski definition) is 2. The summed E-state index contributed by atoms with van der Waals surface area (Å²) < 4.78 is 37.5. The monoisotopic (exact) mass is 282 g/mol. The van der Waals surface area contributed by atoms with Crippen LogP contribution in [0.1, 0.15) is 16.8 Å². The van der Waals surface area contributed by atoms with Crippen LogP contribution in [0.3, 0.4) is 0 Å². The molecule has 3 N–H and O–H groups in total. The van der Waals surface area contributed by atoms with Gasteiger partial charge in [-0.15, -0.1) is 0 Å². The Morgan fingerprint density at radius 2 is 1.70 bits per heavy atom. The lowest BCUT2D eigenvalue weighted by Crippen LogP contribution is -2.11. The number of aromatic nitrogens is 2. The second-order valence-corrected chi connectivity index (χ2v) is 4.14. The lowest BCUT2D eigenvalue weighted by molar-refractivity contribution is -0.141. The van der Waals surface area contributed by atoms with Gasteiger partial charge < -0.3 is 11.1 Å². The van der Waals surface area contributed by atoms with E-state index in [1.807, 2.05) is 24.3 Å². The number of nitrogens with one attached hydrogen (secondary N) is 1. The van der Waals surface area contributed by atoms with E-state index in [1.54, 1.807) is 0 Å². The zero-order chi connectivity index (χ0) is 14.6. The van der Waals surface area contributed by atoms with Crippen LogP contribution in [0.4, 0.5) is 19.1 Å². The van der Waals surface area contributed by atoms with Crippen molar-refractivity contribution in [1.82, 2.24) is 9.97 Å². The first-order valence-corrected chi connectivity index (χ1v) is 5.91. The maximum absolute atomic E-state index is 12.5. The lowest BCUT2D eigenvalue weighted by atomic mass is 10.1. The lowest BCUT2D eigenvalue weighted by Gasteiger charge is -2.09. The Balaban J connectivity index is 2.03. The smallest absolute Gasteiger partial charge is 0.350 e. The van der Waals surface area contributed by atoms with Gasteiger partial charge in [-0.3, -0.25) is 0 Å². The van der Waals surface area contributed by atoms with E-state index < -0.39 is 11.9 Å². The second kappa shape index (κ2) is 5.87. The van der Waals surface area contributed by atoms with Crippen LogP contribution in [-0.4, -0.2) is 9.97 Å². The van der Waals surface area contributed by atoms with Gasteiger partial charge in [0.05, 0.1) is 0 Å². The molecule has 0 fully saturated rings. The van der Waals surface area contributed by atoms with Crippen molar-refractivity contribution < 1.29 is 13.2 Å². The normalized spacial score (nSPS) is 11.4. The number of nitrogens with zero attached hydrogens (tertiary/aromatic N) is 2. The standard InChI is InChI=1S/C13H13F3N4/c14-13(15,16)11-5-6-18-12(20-11)19-8-10-3-1-9(7-17)2-4-10/h1-6H,7-8,17H2,(H,18,19,20). The molecule has 0 aliphatic rings. The molecule has 0 unspecified atom stereocenters. The highest BCUT2D eigenvalue weighted by molar-refractivity contribution is 5.30. The predicted molar refractivity (Wildman–Crippen MR) is 68.7 cm³/mol. The zero-order valence-electron chi connectivity index (χ0n) is 10.5. The predicted octanol–water partition coefficient (Wildman–Crippen LogP) is 2.57. The second-order valence-electron chi connectivity index (χ2n) is 4.14. The first kappa shape index (κ1) is 14.3. The van der Waals surface area contributed by atoms with Crippen molar-refractivity contribution >= 4 is 5.95 Å². The molecule has 2 aromatic rings. The van der Waals surface area contributed by atoms with Crippen LogP contribution in [-0.2, 0) is 19.3 Å². The Bertz CT molecular complexity index is 567. The highest BCUT2D eigenvalue weighted by atomic mass is 19.4. The van der Waals surface area contributed by atoms with E-state index in [-0.39, 0.29) is 5.95 Å². The van der Waals surface area contributed by atoms with Gasteiger partial charge >= 0.3 is 6.18 Å². The first-order chi connectivity index (χ1) is 9.49. The molecule has 4 nitrogen and oxygen atoms in total. The van der Waals surface area contributed by atoms with E-state index in [0.29, 0.717) is 13.1 Å². The summed E-state index contributed by atoms with van der Waals surface area (Å²) in [6, 6.07) is 8.26. The highest BCUT2D eigenvalue weighted by Crippen LogP contribution is 2.27. The van der Waals surface area contributed by atoms with Crippen molar-refractivity contribution in [1.29, 1.82) is 0 Å². The maximum atomic E-state index is 12.5. The molecule has 0 radical (unpaired) electrons. The Kier molecular flexibility index (Phi) is 4.19.